The fraction of sp³-hybridized carbons (Fsp3) is 0.583. The SMILES string of the molecule is CCOc1cccnc1NCCCCC(F)(F)F. The first kappa shape index (κ1) is 14.6. The summed E-state index contributed by atoms with van der Waals surface area (Å²) in [5.41, 5.74) is 0. The maximum atomic E-state index is 11.9. The van der Waals surface area contributed by atoms with Gasteiger partial charge in [0.2, 0.25) is 0 Å². The summed E-state index contributed by atoms with van der Waals surface area (Å²) in [6, 6.07) is 3.52. The van der Waals surface area contributed by atoms with Gasteiger partial charge in [-0.3, -0.25) is 0 Å². The summed E-state index contributed by atoms with van der Waals surface area (Å²) in [7, 11) is 0. The molecule has 3 nitrogen and oxygen atoms in total. The maximum Gasteiger partial charge on any atom is 0.389 e. The molecule has 1 aromatic heterocycles. The number of alkyl halides is 3. The molecule has 0 aliphatic heterocycles. The summed E-state index contributed by atoms with van der Waals surface area (Å²) in [5, 5.41) is 2.98. The van der Waals surface area contributed by atoms with Crippen molar-refractivity contribution >= 4 is 5.82 Å². The van der Waals surface area contributed by atoms with Crippen LogP contribution in [0.5, 0.6) is 5.75 Å². The van der Waals surface area contributed by atoms with Crippen molar-refractivity contribution in [2.45, 2.75) is 32.4 Å². The highest BCUT2D eigenvalue weighted by Crippen LogP contribution is 2.23. The van der Waals surface area contributed by atoms with Crippen molar-refractivity contribution in [3.8, 4) is 5.75 Å². The lowest BCUT2D eigenvalue weighted by molar-refractivity contribution is -0.135. The zero-order valence-electron chi connectivity index (χ0n) is 10.3. The Morgan fingerprint density at radius 1 is 1.33 bits per heavy atom. The average Bonchev–Trinajstić information content (AvgIpc) is 2.29. The van der Waals surface area contributed by atoms with E-state index in [0.29, 0.717) is 31.1 Å². The Kier molecular flexibility index (Phi) is 5.74. The molecule has 102 valence electrons. The number of hydrogen-bond donors (Lipinski definition) is 1. The van der Waals surface area contributed by atoms with Crippen molar-refractivity contribution in [1.29, 1.82) is 0 Å². The molecule has 0 amide bonds. The Balaban J connectivity index is 2.31. The molecular formula is C12H17F3N2O. The number of nitrogens with one attached hydrogen (secondary N) is 1. The number of halogens is 3. The molecule has 0 aliphatic rings. The van der Waals surface area contributed by atoms with Crippen LogP contribution in [0.3, 0.4) is 0 Å². The Labute approximate surface area is 104 Å². The molecule has 0 unspecified atom stereocenters. The van der Waals surface area contributed by atoms with E-state index in [1.165, 1.54) is 0 Å². The lowest BCUT2D eigenvalue weighted by Gasteiger charge is -2.11. The maximum absolute atomic E-state index is 11.9. The van der Waals surface area contributed by atoms with E-state index in [0.717, 1.165) is 0 Å². The first-order chi connectivity index (χ1) is 8.53. The number of anilines is 1. The first-order valence-corrected chi connectivity index (χ1v) is 5.91. The number of ether oxygens (including phenoxy) is 1. The summed E-state index contributed by atoms with van der Waals surface area (Å²) >= 11 is 0. The molecule has 18 heavy (non-hydrogen) atoms. The topological polar surface area (TPSA) is 34.1 Å². The lowest BCUT2D eigenvalue weighted by atomic mass is 10.2. The van der Waals surface area contributed by atoms with Gasteiger partial charge >= 0.3 is 6.18 Å². The summed E-state index contributed by atoms with van der Waals surface area (Å²) in [5.74, 6) is 1.20. The Morgan fingerprint density at radius 3 is 2.78 bits per heavy atom. The van der Waals surface area contributed by atoms with Crippen molar-refractivity contribution < 1.29 is 17.9 Å². The van der Waals surface area contributed by atoms with E-state index in [1.807, 2.05) is 6.92 Å². The first-order valence-electron chi connectivity index (χ1n) is 5.91. The second kappa shape index (κ2) is 7.08. The van der Waals surface area contributed by atoms with Gasteiger partial charge in [-0.25, -0.2) is 4.98 Å². The van der Waals surface area contributed by atoms with E-state index in [2.05, 4.69) is 10.3 Å². The Bertz CT molecular complexity index is 355. The van der Waals surface area contributed by atoms with Crippen molar-refractivity contribution in [3.05, 3.63) is 18.3 Å². The predicted octanol–water partition coefficient (Wildman–Crippen LogP) is 3.62. The van der Waals surface area contributed by atoms with Crippen LogP contribution in [0.1, 0.15) is 26.2 Å². The molecular weight excluding hydrogens is 245 g/mol. The van der Waals surface area contributed by atoms with Crippen LogP contribution < -0.4 is 10.1 Å². The molecule has 0 bridgehead atoms. The standard InChI is InChI=1S/C12H17F3N2O/c1-2-18-10-6-5-9-17-11(10)16-8-4-3-7-12(13,14)15/h5-6,9H,2-4,7-8H2,1H3,(H,16,17). The van der Waals surface area contributed by atoms with E-state index in [1.54, 1.807) is 18.3 Å². The molecule has 1 heterocycles. The molecule has 0 saturated carbocycles. The smallest absolute Gasteiger partial charge is 0.389 e. The lowest BCUT2D eigenvalue weighted by Crippen LogP contribution is -2.09. The zero-order chi connectivity index (χ0) is 13.4. The normalized spacial score (nSPS) is 11.3. The predicted molar refractivity (Wildman–Crippen MR) is 63.8 cm³/mol. The third kappa shape index (κ3) is 5.75. The monoisotopic (exact) mass is 262 g/mol. The van der Waals surface area contributed by atoms with Crippen molar-refractivity contribution in [2.75, 3.05) is 18.5 Å². The highest BCUT2D eigenvalue weighted by atomic mass is 19.4. The second-order valence-electron chi connectivity index (χ2n) is 3.78. The van der Waals surface area contributed by atoms with Crippen LogP contribution >= 0.6 is 0 Å². The molecule has 1 rings (SSSR count). The molecule has 0 atom stereocenters. The van der Waals surface area contributed by atoms with E-state index >= 15 is 0 Å². The largest absolute Gasteiger partial charge is 0.490 e. The number of hydrogen-bond acceptors (Lipinski definition) is 3. The fourth-order valence-electron chi connectivity index (χ4n) is 1.45. The van der Waals surface area contributed by atoms with Gasteiger partial charge in [-0.1, -0.05) is 0 Å². The van der Waals surface area contributed by atoms with Crippen LogP contribution in [0.15, 0.2) is 18.3 Å². The Morgan fingerprint density at radius 2 is 2.11 bits per heavy atom. The highest BCUT2D eigenvalue weighted by Gasteiger charge is 2.25. The minimum atomic E-state index is -4.07. The Hall–Kier alpha value is -1.46. The molecule has 0 fully saturated rings. The van der Waals surface area contributed by atoms with Gasteiger partial charge in [0, 0.05) is 19.2 Å². The number of rotatable bonds is 7. The van der Waals surface area contributed by atoms with Crippen molar-refractivity contribution in [3.63, 3.8) is 0 Å². The van der Waals surface area contributed by atoms with Crippen LogP contribution in [0.25, 0.3) is 0 Å². The number of nitrogens with zero attached hydrogens (tertiary/aromatic N) is 1. The van der Waals surface area contributed by atoms with Gasteiger partial charge in [0.15, 0.2) is 11.6 Å². The summed E-state index contributed by atoms with van der Waals surface area (Å²) in [4.78, 5) is 4.09. The third-order valence-corrected chi connectivity index (χ3v) is 2.25. The van der Waals surface area contributed by atoms with Crippen molar-refractivity contribution in [2.24, 2.45) is 0 Å². The van der Waals surface area contributed by atoms with Crippen molar-refractivity contribution in [1.82, 2.24) is 4.98 Å². The quantitative estimate of drug-likeness (QED) is 0.762. The van der Waals surface area contributed by atoms with Gasteiger partial charge in [0.25, 0.3) is 0 Å². The van der Waals surface area contributed by atoms with Gasteiger partial charge in [-0.05, 0) is 31.9 Å². The van der Waals surface area contributed by atoms with E-state index in [4.69, 9.17) is 4.74 Å². The second-order valence-corrected chi connectivity index (χ2v) is 3.78. The van der Waals surface area contributed by atoms with Gasteiger partial charge in [-0.2, -0.15) is 13.2 Å². The van der Waals surface area contributed by atoms with Crippen LogP contribution in [-0.2, 0) is 0 Å². The molecule has 0 spiro atoms. The van der Waals surface area contributed by atoms with Crippen LogP contribution in [0.4, 0.5) is 19.0 Å². The number of pyridine rings is 1. The molecule has 0 saturated heterocycles. The van der Waals surface area contributed by atoms with Crippen LogP contribution in [0, 0.1) is 0 Å². The molecule has 0 radical (unpaired) electrons. The molecule has 0 aliphatic carbocycles. The molecule has 6 heteroatoms. The zero-order valence-corrected chi connectivity index (χ0v) is 10.3. The fourth-order valence-corrected chi connectivity index (χ4v) is 1.45. The molecule has 1 N–H and O–H groups in total. The molecule has 1 aromatic rings. The van der Waals surface area contributed by atoms with E-state index in [-0.39, 0.29) is 6.42 Å². The summed E-state index contributed by atoms with van der Waals surface area (Å²) < 4.78 is 41.1. The minimum absolute atomic E-state index is 0.118. The van der Waals surface area contributed by atoms with Gasteiger partial charge in [-0.15, -0.1) is 0 Å². The average molecular weight is 262 g/mol. The highest BCUT2D eigenvalue weighted by molar-refractivity contribution is 5.49. The molecule has 0 aromatic carbocycles. The third-order valence-electron chi connectivity index (χ3n) is 2.25. The van der Waals surface area contributed by atoms with Gasteiger partial charge in [0.1, 0.15) is 0 Å². The van der Waals surface area contributed by atoms with Crippen LogP contribution in [-0.4, -0.2) is 24.3 Å². The summed E-state index contributed by atoms with van der Waals surface area (Å²) in [6.07, 6.45) is -2.63. The van der Waals surface area contributed by atoms with E-state index < -0.39 is 12.6 Å². The van der Waals surface area contributed by atoms with Crippen LogP contribution in [0.2, 0.25) is 0 Å². The van der Waals surface area contributed by atoms with Gasteiger partial charge < -0.3 is 10.1 Å². The minimum Gasteiger partial charge on any atom is -0.490 e. The number of aromatic nitrogens is 1. The summed E-state index contributed by atoms with van der Waals surface area (Å²) in [6.45, 7) is 2.84. The van der Waals surface area contributed by atoms with Gasteiger partial charge in [0.05, 0.1) is 6.61 Å². The van der Waals surface area contributed by atoms with E-state index in [9.17, 15) is 13.2 Å². The number of unbranched alkanes of at least 4 members (excludes halogenated alkanes) is 1.